The van der Waals surface area contributed by atoms with Crippen LogP contribution in [-0.2, 0) is 16.1 Å². The normalized spacial score (nSPS) is 13.4. The van der Waals surface area contributed by atoms with Crippen LogP contribution in [0.5, 0.6) is 11.5 Å². The number of nitrogens with zero attached hydrogens (tertiary/aromatic N) is 4. The van der Waals surface area contributed by atoms with Crippen LogP contribution in [-0.4, -0.2) is 39.1 Å². The van der Waals surface area contributed by atoms with Gasteiger partial charge in [0.15, 0.2) is 11.5 Å². The highest BCUT2D eigenvalue weighted by Gasteiger charge is 2.36. The van der Waals surface area contributed by atoms with Gasteiger partial charge in [-0.3, -0.25) is 14.5 Å². The number of carbonyl (C=O) groups excluding carboxylic acids is 2. The summed E-state index contributed by atoms with van der Waals surface area (Å²) in [4.78, 5) is 29.6. The Bertz CT molecular complexity index is 1480. The maximum atomic E-state index is 14.1. The third-order valence-electron chi connectivity index (χ3n) is 6.65. The maximum absolute atomic E-state index is 14.1. The highest BCUT2D eigenvalue weighted by atomic mass is 35.5. The Kier molecular flexibility index (Phi) is 6.94. The zero-order chi connectivity index (χ0) is 26.9. The first kappa shape index (κ1) is 25.5. The molecule has 3 aromatic carbocycles. The van der Waals surface area contributed by atoms with Gasteiger partial charge in [-0.15, -0.1) is 5.10 Å². The van der Waals surface area contributed by atoms with Crippen molar-refractivity contribution in [2.24, 2.45) is 0 Å². The number of para-hydroxylation sites is 1. The molecule has 9 nitrogen and oxygen atoms in total. The fourth-order valence-corrected chi connectivity index (χ4v) is 4.39. The largest absolute Gasteiger partial charge is 0.454 e. The second kappa shape index (κ2) is 10.3. The molecule has 2 heterocycles. The third-order valence-corrected chi connectivity index (χ3v) is 6.90. The quantitative estimate of drug-likeness (QED) is 0.346. The van der Waals surface area contributed by atoms with Gasteiger partial charge in [-0.05, 0) is 62.2 Å². The number of amides is 2. The number of halogens is 1. The number of hydrogen-bond acceptors (Lipinski definition) is 6. The molecule has 1 atom stereocenters. The van der Waals surface area contributed by atoms with Gasteiger partial charge >= 0.3 is 0 Å². The Hall–Kier alpha value is -4.11. The van der Waals surface area contributed by atoms with Gasteiger partial charge in [0.25, 0.3) is 0 Å². The molecule has 5 rings (SSSR count). The molecule has 0 fully saturated rings. The number of aromatic nitrogens is 3. The van der Waals surface area contributed by atoms with Gasteiger partial charge in [-0.1, -0.05) is 48.0 Å². The highest BCUT2D eigenvalue weighted by Crippen LogP contribution is 2.38. The summed E-state index contributed by atoms with van der Waals surface area (Å²) >= 11 is 6.17. The van der Waals surface area contributed by atoms with Gasteiger partial charge in [0.2, 0.25) is 18.6 Å². The molecule has 38 heavy (non-hydrogen) atoms. The van der Waals surface area contributed by atoms with Gasteiger partial charge in [-0.2, -0.15) is 0 Å². The Morgan fingerprint density at radius 2 is 1.82 bits per heavy atom. The minimum absolute atomic E-state index is 0.0868. The first-order valence-electron chi connectivity index (χ1n) is 12.3. The van der Waals surface area contributed by atoms with Crippen molar-refractivity contribution in [2.45, 2.75) is 45.3 Å². The summed E-state index contributed by atoms with van der Waals surface area (Å²) in [5.74, 6) is 0.385. The second-order valence-corrected chi connectivity index (χ2v) is 10.2. The number of ether oxygens (including phenoxy) is 2. The van der Waals surface area contributed by atoms with Gasteiger partial charge in [0.1, 0.15) is 18.1 Å². The molecule has 1 unspecified atom stereocenters. The molecule has 0 bridgehead atoms. The van der Waals surface area contributed by atoms with Crippen molar-refractivity contribution >= 4 is 40.1 Å². The predicted octanol–water partition coefficient (Wildman–Crippen LogP) is 4.89. The molecule has 196 valence electrons. The van der Waals surface area contributed by atoms with Crippen molar-refractivity contribution in [1.82, 2.24) is 20.3 Å². The lowest BCUT2D eigenvalue weighted by molar-refractivity contribution is -0.128. The topological polar surface area (TPSA) is 98.6 Å². The number of anilines is 1. The average Bonchev–Trinajstić information content (AvgIpc) is 3.54. The number of benzene rings is 3. The predicted molar refractivity (Wildman–Crippen MR) is 144 cm³/mol. The lowest BCUT2D eigenvalue weighted by Crippen LogP contribution is -2.51. The lowest BCUT2D eigenvalue weighted by Gasteiger charge is -2.34. The van der Waals surface area contributed by atoms with E-state index in [1.54, 1.807) is 42.5 Å². The summed E-state index contributed by atoms with van der Waals surface area (Å²) in [6, 6.07) is 18.5. The molecule has 1 N–H and O–H groups in total. The summed E-state index contributed by atoms with van der Waals surface area (Å²) < 4.78 is 12.6. The molecule has 0 radical (unpaired) electrons. The monoisotopic (exact) mass is 533 g/mol. The smallest absolute Gasteiger partial charge is 0.249 e. The van der Waals surface area contributed by atoms with Crippen LogP contribution in [0.3, 0.4) is 0 Å². The average molecular weight is 534 g/mol. The molecule has 0 aliphatic carbocycles. The van der Waals surface area contributed by atoms with Crippen LogP contribution in [0.2, 0.25) is 5.02 Å². The van der Waals surface area contributed by atoms with E-state index in [4.69, 9.17) is 21.1 Å². The molecule has 0 saturated heterocycles. The number of hydrogen-bond donors (Lipinski definition) is 1. The van der Waals surface area contributed by atoms with E-state index in [1.165, 1.54) is 9.58 Å². The molecule has 1 aliphatic heterocycles. The molecular weight excluding hydrogens is 506 g/mol. The van der Waals surface area contributed by atoms with E-state index in [-0.39, 0.29) is 25.2 Å². The van der Waals surface area contributed by atoms with Crippen LogP contribution in [0.1, 0.15) is 38.8 Å². The van der Waals surface area contributed by atoms with E-state index >= 15 is 0 Å². The minimum Gasteiger partial charge on any atom is -0.454 e. The Morgan fingerprint density at radius 1 is 1.08 bits per heavy atom. The van der Waals surface area contributed by atoms with Gasteiger partial charge in [0.05, 0.1) is 5.52 Å². The van der Waals surface area contributed by atoms with E-state index in [9.17, 15) is 9.59 Å². The Balaban J connectivity index is 1.61. The van der Waals surface area contributed by atoms with Crippen molar-refractivity contribution < 1.29 is 19.1 Å². The number of nitrogens with one attached hydrogen (secondary N) is 1. The van der Waals surface area contributed by atoms with E-state index in [1.807, 2.05) is 45.0 Å². The zero-order valence-electron chi connectivity index (χ0n) is 21.3. The first-order chi connectivity index (χ1) is 18.3. The molecule has 10 heteroatoms. The van der Waals surface area contributed by atoms with Crippen molar-refractivity contribution in [1.29, 1.82) is 0 Å². The van der Waals surface area contributed by atoms with Gasteiger partial charge in [-0.25, -0.2) is 4.68 Å². The van der Waals surface area contributed by atoms with Crippen molar-refractivity contribution in [3.8, 4) is 11.5 Å². The SMILES string of the molecule is CCC(C)(C)NC(=O)C(c1ccc(Cl)cc1)N(C(=O)Cn1nnc2ccccc21)c1ccc2c(c1)OCO2. The van der Waals surface area contributed by atoms with Crippen molar-refractivity contribution in [3.05, 3.63) is 77.3 Å². The fraction of sp³-hybridized carbons (Fsp3) is 0.286. The summed E-state index contributed by atoms with van der Waals surface area (Å²) in [6.07, 6.45) is 0.703. The lowest BCUT2D eigenvalue weighted by atomic mass is 9.98. The molecule has 4 aromatic rings. The van der Waals surface area contributed by atoms with Crippen LogP contribution in [0.4, 0.5) is 5.69 Å². The summed E-state index contributed by atoms with van der Waals surface area (Å²) in [5.41, 5.74) is 1.98. The molecule has 1 aromatic heterocycles. The maximum Gasteiger partial charge on any atom is 0.249 e. The molecule has 2 amide bonds. The van der Waals surface area contributed by atoms with E-state index in [0.717, 1.165) is 0 Å². The second-order valence-electron chi connectivity index (χ2n) is 9.72. The van der Waals surface area contributed by atoms with Crippen LogP contribution < -0.4 is 19.7 Å². The molecule has 1 aliphatic rings. The Morgan fingerprint density at radius 3 is 2.58 bits per heavy atom. The number of rotatable bonds is 8. The van der Waals surface area contributed by atoms with Crippen LogP contribution in [0, 0.1) is 0 Å². The number of fused-ring (bicyclic) bond motifs is 2. The van der Waals surface area contributed by atoms with E-state index in [0.29, 0.717) is 45.2 Å². The van der Waals surface area contributed by atoms with Crippen LogP contribution >= 0.6 is 11.6 Å². The van der Waals surface area contributed by atoms with Crippen molar-refractivity contribution in [2.75, 3.05) is 11.7 Å². The molecular formula is C28H28ClN5O4. The minimum atomic E-state index is -0.999. The fourth-order valence-electron chi connectivity index (χ4n) is 4.26. The highest BCUT2D eigenvalue weighted by molar-refractivity contribution is 6.30. The van der Waals surface area contributed by atoms with E-state index < -0.39 is 11.6 Å². The van der Waals surface area contributed by atoms with Crippen LogP contribution in [0.15, 0.2) is 66.7 Å². The molecule has 0 saturated carbocycles. The Labute approximate surface area is 225 Å². The van der Waals surface area contributed by atoms with E-state index in [2.05, 4.69) is 15.6 Å². The van der Waals surface area contributed by atoms with Gasteiger partial charge in [0, 0.05) is 22.3 Å². The summed E-state index contributed by atoms with van der Waals surface area (Å²) in [5, 5.41) is 12.0. The molecule has 0 spiro atoms. The van der Waals surface area contributed by atoms with Crippen LogP contribution in [0.25, 0.3) is 11.0 Å². The standard InChI is InChI=1S/C28H28ClN5O4/c1-4-28(2,3)30-27(36)26(18-9-11-19(29)12-10-18)34(20-13-14-23-24(15-20)38-17-37-23)25(35)16-33-22-8-6-5-7-21(22)31-32-33/h5-15,26H,4,16-17H2,1-3H3,(H,30,36). The van der Waals surface area contributed by atoms with Gasteiger partial charge < -0.3 is 14.8 Å². The summed E-state index contributed by atoms with van der Waals surface area (Å²) in [6.45, 7) is 5.83. The zero-order valence-corrected chi connectivity index (χ0v) is 22.1. The summed E-state index contributed by atoms with van der Waals surface area (Å²) in [7, 11) is 0. The first-order valence-corrected chi connectivity index (χ1v) is 12.7. The number of carbonyl (C=O) groups is 2. The third kappa shape index (κ3) is 5.15. The van der Waals surface area contributed by atoms with Crippen molar-refractivity contribution in [3.63, 3.8) is 0 Å².